The molecule has 726 valence electrons. The van der Waals surface area contributed by atoms with E-state index in [0.29, 0.717) is 12.3 Å². The van der Waals surface area contributed by atoms with Crippen LogP contribution in [0.1, 0.15) is 123 Å². The number of terminal acetylenes is 1. The molecule has 0 radical (unpaired) electrons. The monoisotopic (exact) mass is 2240 g/mol. The number of methoxy groups -OCH3 is 8. The number of carbonyl (C=O) groups is 18. The van der Waals surface area contributed by atoms with E-state index >= 15 is 0 Å². The van der Waals surface area contributed by atoms with Gasteiger partial charge in [0.25, 0.3) is 20.2 Å². The maximum Gasteiger partial charge on any atom is 0.333 e. The number of esters is 8. The number of nitrogens with zero attached hydrogens (tertiary/aromatic N) is 2. The number of rotatable bonds is 37. The van der Waals surface area contributed by atoms with Gasteiger partial charge in [0.15, 0.2) is 10.2 Å². The molecule has 0 saturated heterocycles. The molecule has 6 atom stereocenters. The van der Waals surface area contributed by atoms with Gasteiger partial charge < -0.3 is 113 Å². The molecule has 0 amide bonds. The van der Waals surface area contributed by atoms with Gasteiger partial charge in [-0.1, -0.05) is 66.8 Å². The van der Waals surface area contributed by atoms with Crippen molar-refractivity contribution in [2.75, 3.05) is 147 Å². The van der Waals surface area contributed by atoms with Gasteiger partial charge >= 0.3 is 95.5 Å². The molecular weight excluding hydrogens is 2110 g/mol. The van der Waals surface area contributed by atoms with Gasteiger partial charge in [0, 0.05) is 83.3 Å². The molecule has 0 bridgehead atoms. The zero-order chi connectivity index (χ0) is 101. The smallest absolute Gasteiger partial charge is 0.333 e. The number of hydrogen-bond donors (Lipinski definition) is 10. The van der Waals surface area contributed by atoms with E-state index in [1.165, 1.54) is 75.4 Å². The summed E-state index contributed by atoms with van der Waals surface area (Å²) in [4.78, 5) is 190. The van der Waals surface area contributed by atoms with Crippen molar-refractivity contribution in [1.29, 1.82) is 0 Å². The Labute approximate surface area is 783 Å². The molecular formula is C71H128I3N2O41S6-. The van der Waals surface area contributed by atoms with Crippen molar-refractivity contribution in [3.8, 4) is 12.8 Å². The predicted molar refractivity (Wildman–Crippen MR) is 473 cm³/mol. The van der Waals surface area contributed by atoms with Gasteiger partial charge in [0.05, 0.1) is 175 Å². The lowest BCUT2D eigenvalue weighted by Gasteiger charge is -2.19. The van der Waals surface area contributed by atoms with Crippen molar-refractivity contribution in [3.63, 3.8) is 0 Å². The van der Waals surface area contributed by atoms with E-state index in [2.05, 4.69) is 131 Å². The molecule has 0 rings (SSSR count). The Hall–Kier alpha value is -6.84. The zero-order valence-corrected chi connectivity index (χ0v) is 84.7. The summed E-state index contributed by atoms with van der Waals surface area (Å²) in [6.07, 6.45) is 8.45. The molecule has 0 aromatic rings. The zero-order valence-electron chi connectivity index (χ0n) is 74.2. The summed E-state index contributed by atoms with van der Waals surface area (Å²) in [5.74, 6) is -17.7. The molecule has 0 aliphatic heterocycles. The normalized spacial score (nSPS) is 11.2. The van der Waals surface area contributed by atoms with Crippen LogP contribution in [0.15, 0.2) is 12.2 Å². The third-order valence-electron chi connectivity index (χ3n) is 10.8. The molecule has 0 heterocycles. The van der Waals surface area contributed by atoms with E-state index in [1.807, 2.05) is 41.1 Å². The first-order chi connectivity index (χ1) is 56.2. The highest BCUT2D eigenvalue weighted by atomic mass is 128. The number of halogens is 3. The number of thiol groups is 2. The summed E-state index contributed by atoms with van der Waals surface area (Å²) < 4.78 is 96.9. The van der Waals surface area contributed by atoms with Crippen LogP contribution in [-0.2, 0) is 153 Å². The maximum absolute atomic E-state index is 11.7. The number of ether oxygens (including phenoxy) is 8. The standard InChI is InChI=1S/C11H20O7S.C8H15NO4.C8H12O5S.C7H12O4S.C6H10O4S.C6H10O4.C6H8O4.C6H14O3S.C5H8O4.C3H8N.C2H4OS.C2H2.CH3O.I2.HI.H2/c1-11(2,3)7-18-19(15,16)6-8(5-9(12)13)10(14)17-4;1-9(2)5-6(4-7(10)11)8(12)13-3;1-5(9)14-4-6(3-7(10)11)8(12)13-2;1-11-7(10)5(4-12-2)3-6(8)9;1-10-6(9)4(3-11)2-5(7)8;2*1-4(3-5(7)8)6(9)10-2;1-6(2,3)5-9-10(4,7)8;1-9-5(8)3-2-4(6)7;1-4(2)3;1-2(3)4;3*1-2;;/h8H,5-7H2,1-4H3,(H,12,13);6H,4-5H2,1-3H3,(H,10,11);6H,3-4H2,1-2H3,(H,10,11);5H,3-4H2,1-2H3,(H,8,9);4,11H,2-3H2,1H3,(H,7,8);4H,3H2,1-2H3,(H,7,8);1,3H2,2H3,(H,7,8);5H2,1-4H3;2-3H2,1H3,(H,6,7);1H2,2-3H3;1H3,(H,3,4);1-2H;1H3;;2*1H/q;;;;;;;;;+1;;;-1;;;/p-1/i;;;;;1D;;;;;;;;;;1+1. The largest absolute Gasteiger partial charge is 1.00 e. The van der Waals surface area contributed by atoms with Crippen molar-refractivity contribution in [2.24, 2.45) is 46.3 Å². The Morgan fingerprint density at radius 1 is 0.528 bits per heavy atom. The van der Waals surface area contributed by atoms with Crippen LogP contribution in [0.3, 0.4) is 0 Å². The molecule has 0 aromatic heterocycles. The van der Waals surface area contributed by atoms with Gasteiger partial charge in [-0.3, -0.25) is 89.9 Å². The van der Waals surface area contributed by atoms with Crippen LogP contribution in [0.25, 0.3) is 0 Å². The van der Waals surface area contributed by atoms with Gasteiger partial charge in [-0.25, -0.2) is 9.37 Å². The molecule has 43 nitrogen and oxygen atoms in total. The first-order valence-electron chi connectivity index (χ1n) is 34.4. The maximum atomic E-state index is 11.7. The lowest BCUT2D eigenvalue weighted by molar-refractivity contribution is -0.454. The van der Waals surface area contributed by atoms with Crippen LogP contribution in [0, 0.1) is 59.2 Å². The highest BCUT2D eigenvalue weighted by molar-refractivity contribution is 15.0. The van der Waals surface area contributed by atoms with E-state index in [1.54, 1.807) is 44.3 Å². The molecule has 0 aliphatic rings. The van der Waals surface area contributed by atoms with Gasteiger partial charge in [0.1, 0.15) is 20.8 Å². The average molecular weight is 2240 g/mol. The fourth-order valence-electron chi connectivity index (χ4n) is 5.84. The number of aliphatic carboxylic acids is 8. The Bertz CT molecular complexity index is 3310. The molecule has 0 fully saturated rings. The molecule has 0 aromatic carbocycles. The number of carboxylic acid groups (broad SMARTS) is 8. The number of hydrogen-bond acceptors (Lipinski definition) is 37. The lowest BCUT2D eigenvalue weighted by atomic mass is 9.99. The van der Waals surface area contributed by atoms with Gasteiger partial charge in [-0.05, 0) is 31.2 Å². The predicted octanol–water partition coefficient (Wildman–Crippen LogP) is 1.94. The van der Waals surface area contributed by atoms with Crippen molar-refractivity contribution >= 4 is 219 Å². The molecule has 6 unspecified atom stereocenters. The van der Waals surface area contributed by atoms with E-state index in [4.69, 9.17) is 51.5 Å². The quantitative estimate of drug-likeness (QED) is 0.00489. The molecule has 123 heavy (non-hydrogen) atoms. The lowest BCUT2D eigenvalue weighted by Crippen LogP contribution is -3.00. The van der Waals surface area contributed by atoms with Gasteiger partial charge in [0.2, 0.25) is 0 Å². The Kier molecular flexibility index (Phi) is 113. The Morgan fingerprint density at radius 3 is 1.08 bits per heavy atom. The third kappa shape index (κ3) is 139. The molecule has 0 spiro atoms. The van der Waals surface area contributed by atoms with E-state index in [-0.39, 0.29) is 135 Å². The SMILES string of the molecule is C#C.C=C(CC(=O)O)C(=O)OC.C=[N+](C)C.CC(=O)S.CC(C)(C)COS(C)(=O)=O.COC(=O)C(CC(=O)O)CN(C)C.COC(=O)C(CC(=O)O)CS(=O)(=O)OCC(C)(C)C.COC(=O)C(CS)CC(=O)O.COC(=O)C(CSC(C)=O)CC(=O)O.COC(=O)C(CSC)CC(=O)O.COC(=O)CCC(=O)O.C[O-].II.[2HH].[2H]CC(CC(=O)O)C(=O)OC.[I-]. The third-order valence-corrected chi connectivity index (χ3v) is 14.8. The second kappa shape index (κ2) is 94.3. The highest BCUT2D eigenvalue weighted by Gasteiger charge is 2.31. The van der Waals surface area contributed by atoms with Crippen LogP contribution in [-0.4, -0.2) is 327 Å². The Balaban J connectivity index is -0.0000000752. The summed E-state index contributed by atoms with van der Waals surface area (Å²) >= 11 is 13.7. The second-order valence-corrected chi connectivity index (χ2v) is 31.8. The molecule has 0 saturated carbocycles. The topological polar surface area (TPSA) is 659 Å². The number of carboxylic acids is 8. The van der Waals surface area contributed by atoms with Crippen LogP contribution in [0.4, 0.5) is 0 Å². The first-order valence-corrected chi connectivity index (χ1v) is 46.8. The Morgan fingerprint density at radius 2 is 0.829 bits per heavy atom. The van der Waals surface area contributed by atoms with Crippen molar-refractivity contribution in [3.05, 3.63) is 12.2 Å². The van der Waals surface area contributed by atoms with Crippen molar-refractivity contribution < 1.29 is 227 Å². The first kappa shape index (κ1) is 148. The highest BCUT2D eigenvalue weighted by Crippen LogP contribution is 2.19. The minimum absolute atomic E-state index is 0. The fraction of sp³-hybridized carbons (Fsp3) is 0.676. The van der Waals surface area contributed by atoms with E-state index < -0.39 is 163 Å². The average Bonchev–Trinajstić information content (AvgIpc) is 0.866. The van der Waals surface area contributed by atoms with Crippen molar-refractivity contribution in [1.82, 2.24) is 4.90 Å². The summed E-state index contributed by atoms with van der Waals surface area (Å²) in [7, 11) is 10.4. The summed E-state index contributed by atoms with van der Waals surface area (Å²) in [6.45, 7) is 20.9. The molecule has 8 N–H and O–H groups in total. The van der Waals surface area contributed by atoms with Crippen LogP contribution in [0.2, 0.25) is 0 Å². The summed E-state index contributed by atoms with van der Waals surface area (Å²) in [5.41, 5.74) is -0.501. The summed E-state index contributed by atoms with van der Waals surface area (Å²) in [5, 5.41) is 74.8. The minimum atomic E-state index is -3.98. The molecule has 0 aliphatic carbocycles. The van der Waals surface area contributed by atoms with Crippen LogP contribution < -0.4 is 29.1 Å². The van der Waals surface area contributed by atoms with Crippen molar-refractivity contribution in [2.45, 2.75) is 120 Å². The van der Waals surface area contributed by atoms with Crippen LogP contribution >= 0.6 is 86.0 Å². The van der Waals surface area contributed by atoms with E-state index in [0.717, 1.165) is 32.2 Å². The minimum Gasteiger partial charge on any atom is -1.00 e. The number of thioether (sulfide) groups is 2. The number of carbonyl (C=O) groups excluding carboxylic acids is 10. The van der Waals surface area contributed by atoms with E-state index in [9.17, 15) is 103 Å². The fourth-order valence-corrected chi connectivity index (χ4v) is 9.41. The molecule has 52 heteroatoms. The van der Waals surface area contributed by atoms with Crippen LogP contribution in [0.5, 0.6) is 0 Å². The van der Waals surface area contributed by atoms with Gasteiger partial charge in [-0.15, -0.1) is 25.5 Å². The second-order valence-electron chi connectivity index (χ2n) is 25.4. The van der Waals surface area contributed by atoms with Gasteiger partial charge in [-0.2, -0.15) is 48.3 Å². The summed E-state index contributed by atoms with van der Waals surface area (Å²) in [6, 6.07) is 0.